The second-order valence-corrected chi connectivity index (χ2v) is 5.46. The van der Waals surface area contributed by atoms with Crippen LogP contribution in [-0.2, 0) is 4.79 Å². The predicted octanol–water partition coefficient (Wildman–Crippen LogP) is 2.25. The summed E-state index contributed by atoms with van der Waals surface area (Å²) in [7, 11) is 0. The molecule has 3 nitrogen and oxygen atoms in total. The fourth-order valence-electron chi connectivity index (χ4n) is 2.52. The number of carbonyl (C=O) groups is 1. The minimum Gasteiger partial charge on any atom is -0.356 e. The van der Waals surface area contributed by atoms with Gasteiger partial charge in [-0.1, -0.05) is 6.92 Å². The van der Waals surface area contributed by atoms with E-state index in [9.17, 15) is 4.79 Å². The molecule has 1 aliphatic carbocycles. The Morgan fingerprint density at radius 2 is 2.24 bits per heavy atom. The van der Waals surface area contributed by atoms with Gasteiger partial charge >= 0.3 is 0 Å². The van der Waals surface area contributed by atoms with E-state index in [1.54, 1.807) is 0 Å². The number of rotatable bonds is 6. The zero-order valence-corrected chi connectivity index (χ0v) is 11.6. The smallest absolute Gasteiger partial charge is 0.220 e. The number of carbonyl (C=O) groups excluding carboxylic acids is 1. The number of hydrogen-bond acceptors (Lipinski definition) is 2. The molecule has 0 aromatic carbocycles. The van der Waals surface area contributed by atoms with Crippen LogP contribution in [0.1, 0.15) is 51.9 Å². The lowest BCUT2D eigenvalue weighted by Crippen LogP contribution is -2.31. The minimum atomic E-state index is 0. The summed E-state index contributed by atoms with van der Waals surface area (Å²) in [5, 5.41) is 6.52. The lowest BCUT2D eigenvalue weighted by molar-refractivity contribution is -0.121. The van der Waals surface area contributed by atoms with Crippen LogP contribution in [0.4, 0.5) is 0 Å². The summed E-state index contributed by atoms with van der Waals surface area (Å²) >= 11 is 0. The van der Waals surface area contributed by atoms with Gasteiger partial charge in [-0.05, 0) is 50.5 Å². The molecule has 17 heavy (non-hydrogen) atoms. The molecule has 1 amide bonds. The van der Waals surface area contributed by atoms with Gasteiger partial charge in [0.1, 0.15) is 0 Å². The molecule has 2 aliphatic rings. The Kier molecular flexibility index (Phi) is 5.74. The molecule has 1 saturated carbocycles. The van der Waals surface area contributed by atoms with E-state index in [0.717, 1.165) is 19.5 Å². The Morgan fingerprint density at radius 1 is 1.47 bits per heavy atom. The highest BCUT2D eigenvalue weighted by Crippen LogP contribution is 2.47. The van der Waals surface area contributed by atoms with Crippen LogP contribution in [0.2, 0.25) is 0 Å². The van der Waals surface area contributed by atoms with Gasteiger partial charge in [0, 0.05) is 19.0 Å². The SMILES string of the molecule is CCC1(CNC(=O)CCC2CCCN2)CC1.Cl. The van der Waals surface area contributed by atoms with Crippen molar-refractivity contribution in [2.24, 2.45) is 5.41 Å². The lowest BCUT2D eigenvalue weighted by atomic mass is 10.0. The zero-order valence-electron chi connectivity index (χ0n) is 10.8. The summed E-state index contributed by atoms with van der Waals surface area (Å²) in [6.07, 6.45) is 8.01. The average Bonchev–Trinajstić information content (AvgIpc) is 2.90. The first-order valence-electron chi connectivity index (χ1n) is 6.74. The number of amides is 1. The van der Waals surface area contributed by atoms with Gasteiger partial charge in [-0.2, -0.15) is 0 Å². The fourth-order valence-corrected chi connectivity index (χ4v) is 2.52. The predicted molar refractivity (Wildman–Crippen MR) is 72.5 cm³/mol. The third kappa shape index (κ3) is 4.47. The first-order valence-corrected chi connectivity index (χ1v) is 6.74. The van der Waals surface area contributed by atoms with Crippen LogP contribution in [0.3, 0.4) is 0 Å². The van der Waals surface area contributed by atoms with Crippen molar-refractivity contribution in [3.63, 3.8) is 0 Å². The Labute approximate surface area is 111 Å². The maximum atomic E-state index is 11.7. The van der Waals surface area contributed by atoms with Crippen molar-refractivity contribution in [2.45, 2.75) is 57.9 Å². The van der Waals surface area contributed by atoms with Crippen LogP contribution in [0.5, 0.6) is 0 Å². The molecule has 2 rings (SSSR count). The Morgan fingerprint density at radius 3 is 2.76 bits per heavy atom. The van der Waals surface area contributed by atoms with Crippen molar-refractivity contribution >= 4 is 18.3 Å². The van der Waals surface area contributed by atoms with Crippen LogP contribution in [0.25, 0.3) is 0 Å². The standard InChI is InChI=1S/C13H24N2O.ClH/c1-2-13(7-8-13)10-15-12(16)6-5-11-4-3-9-14-11;/h11,14H,2-10H2,1H3,(H,15,16);1H. The Hall–Kier alpha value is -0.280. The molecule has 0 aromatic rings. The van der Waals surface area contributed by atoms with Crippen LogP contribution in [0.15, 0.2) is 0 Å². The van der Waals surface area contributed by atoms with Gasteiger partial charge in [0.15, 0.2) is 0 Å². The second-order valence-electron chi connectivity index (χ2n) is 5.46. The Balaban J connectivity index is 0.00000144. The molecular weight excluding hydrogens is 236 g/mol. The van der Waals surface area contributed by atoms with Crippen molar-refractivity contribution in [1.82, 2.24) is 10.6 Å². The Bertz CT molecular complexity index is 248. The normalized spacial score (nSPS) is 25.1. The summed E-state index contributed by atoms with van der Waals surface area (Å²) in [5.41, 5.74) is 0.473. The number of hydrogen-bond donors (Lipinski definition) is 2. The van der Waals surface area contributed by atoms with Gasteiger partial charge in [0.2, 0.25) is 5.91 Å². The van der Waals surface area contributed by atoms with E-state index in [2.05, 4.69) is 17.6 Å². The van der Waals surface area contributed by atoms with Crippen molar-refractivity contribution in [2.75, 3.05) is 13.1 Å². The average molecular weight is 261 g/mol. The molecule has 0 aromatic heterocycles. The van der Waals surface area contributed by atoms with Gasteiger partial charge in [0.25, 0.3) is 0 Å². The van der Waals surface area contributed by atoms with Crippen LogP contribution >= 0.6 is 12.4 Å². The van der Waals surface area contributed by atoms with Crippen molar-refractivity contribution in [1.29, 1.82) is 0 Å². The molecule has 1 saturated heterocycles. The summed E-state index contributed by atoms with van der Waals surface area (Å²) in [4.78, 5) is 11.7. The van der Waals surface area contributed by atoms with Gasteiger partial charge in [-0.25, -0.2) is 0 Å². The molecule has 2 N–H and O–H groups in total. The van der Waals surface area contributed by atoms with Gasteiger partial charge in [-0.15, -0.1) is 12.4 Å². The summed E-state index contributed by atoms with van der Waals surface area (Å²) in [5.74, 6) is 0.244. The number of halogens is 1. The third-order valence-corrected chi connectivity index (χ3v) is 4.25. The largest absolute Gasteiger partial charge is 0.356 e. The third-order valence-electron chi connectivity index (χ3n) is 4.25. The van der Waals surface area contributed by atoms with E-state index in [1.165, 1.54) is 32.1 Å². The van der Waals surface area contributed by atoms with Crippen LogP contribution in [-0.4, -0.2) is 25.0 Å². The molecule has 100 valence electrons. The summed E-state index contributed by atoms with van der Waals surface area (Å²) in [6.45, 7) is 4.26. The van der Waals surface area contributed by atoms with Crippen molar-refractivity contribution in [3.05, 3.63) is 0 Å². The van der Waals surface area contributed by atoms with E-state index >= 15 is 0 Å². The lowest BCUT2D eigenvalue weighted by Gasteiger charge is -2.14. The van der Waals surface area contributed by atoms with E-state index in [4.69, 9.17) is 0 Å². The second kappa shape index (κ2) is 6.60. The minimum absolute atomic E-state index is 0. The molecule has 1 unspecified atom stereocenters. The quantitative estimate of drug-likeness (QED) is 0.769. The highest BCUT2D eigenvalue weighted by Gasteiger charge is 2.40. The topological polar surface area (TPSA) is 41.1 Å². The molecule has 4 heteroatoms. The van der Waals surface area contributed by atoms with E-state index in [1.807, 2.05) is 0 Å². The maximum absolute atomic E-state index is 11.7. The van der Waals surface area contributed by atoms with E-state index in [-0.39, 0.29) is 18.3 Å². The first-order chi connectivity index (χ1) is 7.74. The molecule has 2 fully saturated rings. The molecule has 1 aliphatic heterocycles. The summed E-state index contributed by atoms with van der Waals surface area (Å²) < 4.78 is 0. The summed E-state index contributed by atoms with van der Waals surface area (Å²) in [6, 6.07) is 0.590. The molecular formula is C13H25ClN2O. The van der Waals surface area contributed by atoms with Gasteiger partial charge in [0.05, 0.1) is 0 Å². The van der Waals surface area contributed by atoms with Gasteiger partial charge < -0.3 is 10.6 Å². The monoisotopic (exact) mass is 260 g/mol. The highest BCUT2D eigenvalue weighted by atomic mass is 35.5. The van der Waals surface area contributed by atoms with Crippen LogP contribution in [0, 0.1) is 5.41 Å². The molecule has 0 spiro atoms. The first kappa shape index (κ1) is 14.8. The molecule has 0 bridgehead atoms. The van der Waals surface area contributed by atoms with E-state index in [0.29, 0.717) is 17.9 Å². The number of nitrogens with one attached hydrogen (secondary N) is 2. The maximum Gasteiger partial charge on any atom is 0.220 e. The fraction of sp³-hybridized carbons (Fsp3) is 0.923. The molecule has 1 atom stereocenters. The van der Waals surface area contributed by atoms with Crippen molar-refractivity contribution < 1.29 is 4.79 Å². The van der Waals surface area contributed by atoms with Crippen LogP contribution < -0.4 is 10.6 Å². The molecule has 0 radical (unpaired) electrons. The van der Waals surface area contributed by atoms with Crippen molar-refractivity contribution in [3.8, 4) is 0 Å². The van der Waals surface area contributed by atoms with Gasteiger partial charge in [-0.3, -0.25) is 4.79 Å². The highest BCUT2D eigenvalue weighted by molar-refractivity contribution is 5.85. The molecule has 1 heterocycles. The zero-order chi connectivity index (χ0) is 11.4. The van der Waals surface area contributed by atoms with E-state index < -0.39 is 0 Å².